The van der Waals surface area contributed by atoms with E-state index in [1.807, 2.05) is 11.8 Å². The molecular weight excluding hydrogens is 270 g/mol. The molecule has 1 aliphatic heterocycles. The number of hydrogen-bond donors (Lipinski definition) is 2. The number of nitrogens with one attached hydrogen (secondary N) is 2. The topological polar surface area (TPSA) is 44.4 Å². The molecule has 118 valence electrons. The first-order chi connectivity index (χ1) is 9.29. The third-order valence-corrected chi connectivity index (χ3v) is 4.81. The van der Waals surface area contributed by atoms with Crippen molar-refractivity contribution >= 4 is 17.7 Å². The monoisotopic (exact) mass is 301 g/mol. The summed E-state index contributed by atoms with van der Waals surface area (Å²) >= 11 is 1.93. The first-order valence-electron chi connectivity index (χ1n) is 7.54. The van der Waals surface area contributed by atoms with Crippen molar-refractivity contribution in [2.45, 2.75) is 45.7 Å². The van der Waals surface area contributed by atoms with Crippen molar-refractivity contribution in [1.29, 1.82) is 0 Å². The van der Waals surface area contributed by atoms with Crippen LogP contribution in [0.1, 0.15) is 33.6 Å². The first kappa shape index (κ1) is 17.8. The van der Waals surface area contributed by atoms with E-state index in [0.29, 0.717) is 12.5 Å². The minimum absolute atomic E-state index is 0.0976. The van der Waals surface area contributed by atoms with Crippen LogP contribution in [0, 0.1) is 5.41 Å². The van der Waals surface area contributed by atoms with Crippen LogP contribution in [-0.4, -0.2) is 61.6 Å². The minimum atomic E-state index is 0.0976. The van der Waals surface area contributed by atoms with Gasteiger partial charge < -0.3 is 15.5 Å². The average Bonchev–Trinajstić information content (AvgIpc) is 2.34. The average molecular weight is 302 g/mol. The van der Waals surface area contributed by atoms with Crippen LogP contribution in [0.2, 0.25) is 0 Å². The van der Waals surface area contributed by atoms with Gasteiger partial charge in [0.25, 0.3) is 0 Å². The maximum Gasteiger partial charge on any atom is 0.221 e. The first-order valence-corrected chi connectivity index (χ1v) is 8.69. The summed E-state index contributed by atoms with van der Waals surface area (Å²) in [7, 11) is 4.15. The van der Waals surface area contributed by atoms with Crippen molar-refractivity contribution in [2.24, 2.45) is 5.41 Å². The summed E-state index contributed by atoms with van der Waals surface area (Å²) in [4.78, 5) is 14.4. The molecule has 1 amide bonds. The standard InChI is InChI=1S/C15H31N3OS/c1-15(2,3)13(6-8-18(4)5)17-14(19)10-12-11-20-9-7-16-12/h12-13,16H,6-11H2,1-5H3,(H,17,19). The Morgan fingerprint density at radius 2 is 2.15 bits per heavy atom. The second kappa shape index (κ2) is 8.25. The Morgan fingerprint density at radius 3 is 2.65 bits per heavy atom. The highest BCUT2D eigenvalue weighted by molar-refractivity contribution is 7.99. The highest BCUT2D eigenvalue weighted by Gasteiger charge is 2.27. The summed E-state index contributed by atoms with van der Waals surface area (Å²) in [6.07, 6.45) is 1.59. The van der Waals surface area contributed by atoms with E-state index in [1.165, 1.54) is 0 Å². The molecule has 0 bridgehead atoms. The van der Waals surface area contributed by atoms with Gasteiger partial charge in [-0.25, -0.2) is 0 Å². The SMILES string of the molecule is CN(C)CCC(NC(=O)CC1CSCCN1)C(C)(C)C. The molecule has 1 heterocycles. The lowest BCUT2D eigenvalue weighted by atomic mass is 9.84. The summed E-state index contributed by atoms with van der Waals surface area (Å²) in [6.45, 7) is 8.61. The molecule has 20 heavy (non-hydrogen) atoms. The number of carbonyl (C=O) groups is 1. The third kappa shape index (κ3) is 6.95. The van der Waals surface area contributed by atoms with Crippen LogP contribution >= 0.6 is 11.8 Å². The van der Waals surface area contributed by atoms with Crippen molar-refractivity contribution in [2.75, 3.05) is 38.7 Å². The molecule has 5 heteroatoms. The zero-order valence-corrected chi connectivity index (χ0v) is 14.5. The highest BCUT2D eigenvalue weighted by Crippen LogP contribution is 2.22. The van der Waals surface area contributed by atoms with Gasteiger partial charge in [-0.05, 0) is 32.5 Å². The molecule has 0 aromatic carbocycles. The van der Waals surface area contributed by atoms with Gasteiger partial charge in [0.1, 0.15) is 0 Å². The molecule has 1 rings (SSSR count). The van der Waals surface area contributed by atoms with Gasteiger partial charge in [-0.3, -0.25) is 4.79 Å². The van der Waals surface area contributed by atoms with Gasteiger partial charge in [0.15, 0.2) is 0 Å². The van der Waals surface area contributed by atoms with Gasteiger partial charge in [-0.15, -0.1) is 0 Å². The van der Waals surface area contributed by atoms with Crippen molar-refractivity contribution in [3.63, 3.8) is 0 Å². The van der Waals surface area contributed by atoms with Crippen LogP contribution in [0.3, 0.4) is 0 Å². The Kier molecular flexibility index (Phi) is 7.34. The molecule has 0 saturated carbocycles. The number of amides is 1. The van der Waals surface area contributed by atoms with Gasteiger partial charge in [0, 0.05) is 36.6 Å². The summed E-state index contributed by atoms with van der Waals surface area (Å²) in [5.41, 5.74) is 0.0976. The van der Waals surface area contributed by atoms with Crippen molar-refractivity contribution < 1.29 is 4.79 Å². The normalized spacial score (nSPS) is 21.8. The van der Waals surface area contributed by atoms with E-state index < -0.39 is 0 Å². The van der Waals surface area contributed by atoms with Crippen LogP contribution in [-0.2, 0) is 4.79 Å². The number of thioether (sulfide) groups is 1. The summed E-state index contributed by atoms with van der Waals surface area (Å²) in [6, 6.07) is 0.567. The van der Waals surface area contributed by atoms with Gasteiger partial charge in [-0.2, -0.15) is 11.8 Å². The second-order valence-corrected chi connectivity index (χ2v) is 8.16. The maximum atomic E-state index is 12.2. The molecule has 1 fully saturated rings. The molecule has 4 nitrogen and oxygen atoms in total. The molecular formula is C15H31N3OS. The number of carbonyl (C=O) groups excluding carboxylic acids is 1. The lowest BCUT2D eigenvalue weighted by Crippen LogP contribution is -2.48. The van der Waals surface area contributed by atoms with Gasteiger partial charge in [-0.1, -0.05) is 20.8 Å². The predicted molar refractivity (Wildman–Crippen MR) is 88.3 cm³/mol. The summed E-state index contributed by atoms with van der Waals surface area (Å²) in [5, 5.41) is 6.67. The Labute approximate surface area is 128 Å². The zero-order valence-electron chi connectivity index (χ0n) is 13.7. The fourth-order valence-electron chi connectivity index (χ4n) is 2.34. The Bertz CT molecular complexity index is 296. The smallest absolute Gasteiger partial charge is 0.221 e. The highest BCUT2D eigenvalue weighted by atomic mass is 32.2. The predicted octanol–water partition coefficient (Wildman–Crippen LogP) is 1.56. The summed E-state index contributed by atoms with van der Waals surface area (Å²) in [5.74, 6) is 2.39. The Balaban J connectivity index is 2.44. The Morgan fingerprint density at radius 1 is 1.45 bits per heavy atom. The van der Waals surface area contributed by atoms with Crippen LogP contribution in [0.15, 0.2) is 0 Å². The molecule has 1 aliphatic rings. The van der Waals surface area contributed by atoms with Crippen LogP contribution < -0.4 is 10.6 Å². The molecule has 0 radical (unpaired) electrons. The molecule has 0 aliphatic carbocycles. The van der Waals surface area contributed by atoms with Crippen LogP contribution in [0.5, 0.6) is 0 Å². The largest absolute Gasteiger partial charge is 0.353 e. The molecule has 0 spiro atoms. The minimum Gasteiger partial charge on any atom is -0.353 e. The molecule has 2 atom stereocenters. The van der Waals surface area contributed by atoms with E-state index in [2.05, 4.69) is 50.4 Å². The van der Waals surface area contributed by atoms with Crippen LogP contribution in [0.25, 0.3) is 0 Å². The summed E-state index contributed by atoms with van der Waals surface area (Å²) < 4.78 is 0. The second-order valence-electron chi connectivity index (χ2n) is 7.01. The number of rotatable bonds is 6. The zero-order chi connectivity index (χ0) is 15.2. The van der Waals surface area contributed by atoms with Gasteiger partial charge in [0.2, 0.25) is 5.91 Å². The fraction of sp³-hybridized carbons (Fsp3) is 0.933. The van der Waals surface area contributed by atoms with E-state index in [1.54, 1.807) is 0 Å². The van der Waals surface area contributed by atoms with E-state index in [0.717, 1.165) is 31.0 Å². The van der Waals surface area contributed by atoms with Crippen molar-refractivity contribution in [3.8, 4) is 0 Å². The van der Waals surface area contributed by atoms with Crippen molar-refractivity contribution in [1.82, 2.24) is 15.5 Å². The van der Waals surface area contributed by atoms with Gasteiger partial charge in [0.05, 0.1) is 0 Å². The van der Waals surface area contributed by atoms with E-state index in [-0.39, 0.29) is 17.4 Å². The molecule has 0 aromatic heterocycles. The Hall–Kier alpha value is -0.260. The number of hydrogen-bond acceptors (Lipinski definition) is 4. The number of nitrogens with zero attached hydrogens (tertiary/aromatic N) is 1. The lowest BCUT2D eigenvalue weighted by molar-refractivity contribution is -0.123. The maximum absolute atomic E-state index is 12.2. The van der Waals surface area contributed by atoms with Gasteiger partial charge >= 0.3 is 0 Å². The molecule has 0 aromatic rings. The molecule has 2 N–H and O–H groups in total. The quantitative estimate of drug-likeness (QED) is 0.781. The molecule has 2 unspecified atom stereocenters. The van der Waals surface area contributed by atoms with E-state index in [9.17, 15) is 4.79 Å². The van der Waals surface area contributed by atoms with Crippen molar-refractivity contribution in [3.05, 3.63) is 0 Å². The van der Waals surface area contributed by atoms with E-state index >= 15 is 0 Å². The fourth-order valence-corrected chi connectivity index (χ4v) is 3.29. The van der Waals surface area contributed by atoms with E-state index in [4.69, 9.17) is 0 Å². The lowest BCUT2D eigenvalue weighted by Gasteiger charge is -2.33. The molecule has 1 saturated heterocycles. The third-order valence-electron chi connectivity index (χ3n) is 3.68. The van der Waals surface area contributed by atoms with Crippen LogP contribution in [0.4, 0.5) is 0 Å².